The number of carbonyl (C=O) groups is 2. The smallest absolute Gasteiger partial charge is 0.432 e. The lowest BCUT2D eigenvalue weighted by molar-refractivity contribution is -0.143. The lowest BCUT2D eigenvalue weighted by atomic mass is 9.93. The molecule has 1 aliphatic carbocycles. The highest BCUT2D eigenvalue weighted by Gasteiger charge is 2.53. The largest absolute Gasteiger partial charge is 0.435 e. The molecule has 0 saturated heterocycles. The van der Waals surface area contributed by atoms with Gasteiger partial charge in [-0.25, -0.2) is 18.6 Å². The number of alkyl halides is 9. The number of amides is 2. The molecule has 1 aliphatic rings. The van der Waals surface area contributed by atoms with E-state index in [1.165, 1.54) is 49.2 Å². The van der Waals surface area contributed by atoms with E-state index < -0.39 is 113 Å². The number of thioether (sulfide) groups is 1. The van der Waals surface area contributed by atoms with Crippen LogP contribution in [0.1, 0.15) is 73.1 Å². The molecule has 1 unspecified atom stereocenters. The molecule has 6 rings (SSSR count). The fraction of sp³-hybridized carbons (Fsp3) is 0.405. The maximum Gasteiger partial charge on any atom is 0.435 e. The third-order valence-electron chi connectivity index (χ3n) is 10.1. The van der Waals surface area contributed by atoms with Crippen molar-refractivity contribution in [3.05, 3.63) is 93.0 Å². The number of anilines is 1. The first-order valence-electron chi connectivity index (χ1n) is 19.4. The average molecular weight is 1030 g/mol. The van der Waals surface area contributed by atoms with E-state index in [4.69, 9.17) is 38.0 Å². The first kappa shape index (κ1) is 53.1. The van der Waals surface area contributed by atoms with E-state index >= 15 is 8.78 Å². The molecular weight excluding hydrogens is 992 g/mol. The van der Waals surface area contributed by atoms with Crippen molar-refractivity contribution in [1.29, 1.82) is 0 Å². The van der Waals surface area contributed by atoms with E-state index in [0.29, 0.717) is 22.7 Å². The first-order valence-corrected chi connectivity index (χ1v) is 22.8. The summed E-state index contributed by atoms with van der Waals surface area (Å²) in [6.07, 6.45) is -9.55. The molecule has 67 heavy (non-hydrogen) atoms. The zero-order valence-corrected chi connectivity index (χ0v) is 39.1. The van der Waals surface area contributed by atoms with Crippen molar-refractivity contribution in [2.75, 3.05) is 30.0 Å². The van der Waals surface area contributed by atoms with Crippen LogP contribution in [0.4, 0.5) is 54.5 Å². The molecule has 0 radical (unpaired) electrons. The fourth-order valence-corrected chi connectivity index (χ4v) is 8.34. The lowest BCUT2D eigenvalue weighted by Gasteiger charge is -2.23. The third-order valence-corrected chi connectivity index (χ3v) is 12.3. The number of aliphatic hydroxyl groups is 1. The van der Waals surface area contributed by atoms with Gasteiger partial charge in [-0.1, -0.05) is 42.1 Å². The second-order valence-corrected chi connectivity index (χ2v) is 18.0. The Morgan fingerprint density at radius 1 is 1.01 bits per heavy atom. The van der Waals surface area contributed by atoms with Crippen LogP contribution in [0.15, 0.2) is 42.5 Å². The standard InChI is InChI=1S/C41H35Cl2F10N7O3S2.CH4O/c1-20-16-39(46,47)35-30(20)34(41(51,52)53)56-58(35)17-29(61)55-28(14-21-12-22(44)15-23(45)13-21)32-25(7-6-24(54-32)10-11-38(2,3)64-4)26-8-9-27(43)31-33(26)59(18-40(48,49)50)57-36(31)60(65-5)37(62)63-19-42;1-2/h6-9,12-13,15,20,28H,14,16-19H2,1-5H3,(H,55,61);2H,1H3/t20-,28?;/m0./s1. The highest BCUT2D eigenvalue weighted by atomic mass is 35.5. The maximum absolute atomic E-state index is 15.3. The van der Waals surface area contributed by atoms with Gasteiger partial charge in [-0.15, -0.1) is 11.8 Å². The monoisotopic (exact) mass is 1030 g/mol. The molecule has 11 nitrogen and oxygen atoms in total. The Hall–Kier alpha value is -4.89. The summed E-state index contributed by atoms with van der Waals surface area (Å²) < 4.78 is 151. The van der Waals surface area contributed by atoms with Gasteiger partial charge in [-0.05, 0) is 86.2 Å². The zero-order chi connectivity index (χ0) is 50.0. The molecule has 0 bridgehead atoms. The van der Waals surface area contributed by atoms with Gasteiger partial charge < -0.3 is 15.2 Å². The Morgan fingerprint density at radius 3 is 2.24 bits per heavy atom. The van der Waals surface area contributed by atoms with Gasteiger partial charge in [0.1, 0.15) is 36.1 Å². The number of pyridine rings is 1. The van der Waals surface area contributed by atoms with Crippen molar-refractivity contribution in [1.82, 2.24) is 29.9 Å². The predicted molar refractivity (Wildman–Crippen MR) is 235 cm³/mol. The number of nitrogens with zero attached hydrogens (tertiary/aromatic N) is 6. The van der Waals surface area contributed by atoms with E-state index in [9.17, 15) is 44.7 Å². The predicted octanol–water partition coefficient (Wildman–Crippen LogP) is 11.0. The molecule has 0 spiro atoms. The molecule has 2 atom stereocenters. The fourth-order valence-electron chi connectivity index (χ4n) is 7.35. The van der Waals surface area contributed by atoms with Gasteiger partial charge in [0.15, 0.2) is 17.6 Å². The molecule has 0 fully saturated rings. The molecule has 2 aromatic carbocycles. The SMILES string of the molecule is CO.CSN(C(=O)OCCl)c1nn(CC(F)(F)F)c2c(-c3ccc(C#CC(C)(C)SC)nc3C(Cc3cc(F)cc(F)c3)NC(=O)Cn3nc(C(F)(F)F)c4c3C(F)(F)C[C@@H]4C)ccc(Cl)c12. The topological polar surface area (TPSA) is 127 Å². The van der Waals surface area contributed by atoms with Gasteiger partial charge in [0, 0.05) is 42.5 Å². The number of rotatable bonds is 12. The number of ether oxygens (including phenoxy) is 1. The number of hydrogen-bond donors (Lipinski definition) is 2. The molecular formula is C42H39Cl2F10N7O4S2. The minimum atomic E-state index is -5.17. The van der Waals surface area contributed by atoms with Crippen molar-refractivity contribution in [2.45, 2.75) is 81.7 Å². The summed E-state index contributed by atoms with van der Waals surface area (Å²) >= 11 is 14.3. The Labute approximate surface area is 395 Å². The van der Waals surface area contributed by atoms with Crippen LogP contribution in [0.5, 0.6) is 0 Å². The van der Waals surface area contributed by atoms with Crippen LogP contribution < -0.4 is 9.62 Å². The summed E-state index contributed by atoms with van der Waals surface area (Å²) in [5.74, 6) is -2.88. The maximum atomic E-state index is 15.3. The van der Waals surface area contributed by atoms with Crippen molar-refractivity contribution in [2.24, 2.45) is 0 Å². The Kier molecular flexibility index (Phi) is 16.5. The molecule has 2 amide bonds. The number of aromatic nitrogens is 5. The average Bonchev–Trinajstić information content (AvgIpc) is 3.87. The van der Waals surface area contributed by atoms with E-state index in [0.717, 1.165) is 23.5 Å². The van der Waals surface area contributed by atoms with Gasteiger partial charge in [0.2, 0.25) is 5.91 Å². The zero-order valence-electron chi connectivity index (χ0n) is 35.9. The van der Waals surface area contributed by atoms with Gasteiger partial charge in [-0.2, -0.15) is 49.6 Å². The van der Waals surface area contributed by atoms with Gasteiger partial charge in [0.25, 0.3) is 5.92 Å². The van der Waals surface area contributed by atoms with Crippen LogP contribution >= 0.6 is 46.9 Å². The van der Waals surface area contributed by atoms with Crippen LogP contribution in [0.3, 0.4) is 0 Å². The number of aliphatic hydroxyl groups excluding tert-OH is 1. The quantitative estimate of drug-likeness (QED) is 0.0543. The molecule has 0 saturated carbocycles. The van der Waals surface area contributed by atoms with Crippen molar-refractivity contribution in [3.63, 3.8) is 0 Å². The van der Waals surface area contributed by atoms with Crippen molar-refractivity contribution >= 4 is 75.6 Å². The second kappa shape index (κ2) is 20.8. The molecule has 362 valence electrons. The number of carbonyl (C=O) groups excluding carboxylic acids is 2. The van der Waals surface area contributed by atoms with Gasteiger partial charge >= 0.3 is 18.4 Å². The molecule has 3 aromatic heterocycles. The Morgan fingerprint density at radius 2 is 1.66 bits per heavy atom. The van der Waals surface area contributed by atoms with E-state index in [1.807, 2.05) is 0 Å². The van der Waals surface area contributed by atoms with E-state index in [-0.39, 0.29) is 48.7 Å². The summed E-state index contributed by atoms with van der Waals surface area (Å²) in [6.45, 7) is 1.82. The van der Waals surface area contributed by atoms with Crippen LogP contribution in [-0.2, 0) is 41.1 Å². The normalized spacial score (nSPS) is 15.0. The summed E-state index contributed by atoms with van der Waals surface area (Å²) in [5.41, 5.74) is -4.27. The first-order chi connectivity index (χ1) is 31.3. The number of fused-ring (bicyclic) bond motifs is 2. The number of benzene rings is 2. The molecule has 0 aliphatic heterocycles. The Bertz CT molecular complexity index is 2700. The number of hydrogen-bond acceptors (Lipinski definition) is 9. The van der Waals surface area contributed by atoms with Gasteiger partial charge in [0.05, 0.1) is 32.4 Å². The minimum Gasteiger partial charge on any atom is -0.432 e. The summed E-state index contributed by atoms with van der Waals surface area (Å²) in [7, 11) is 1.00. The van der Waals surface area contributed by atoms with Crippen LogP contribution in [0, 0.1) is 23.5 Å². The van der Waals surface area contributed by atoms with Crippen LogP contribution in [0.2, 0.25) is 5.02 Å². The molecule has 3 heterocycles. The summed E-state index contributed by atoms with van der Waals surface area (Å²) in [6, 6.07) is 5.52. The molecule has 5 aromatic rings. The molecule has 2 N–H and O–H groups in total. The van der Waals surface area contributed by atoms with E-state index in [1.54, 1.807) is 20.1 Å². The summed E-state index contributed by atoms with van der Waals surface area (Å²) in [4.78, 5) is 31.8. The lowest BCUT2D eigenvalue weighted by Crippen LogP contribution is -2.35. The Balaban J connectivity index is 0.00000414. The van der Waals surface area contributed by atoms with Crippen molar-refractivity contribution < 1.29 is 63.3 Å². The number of nitrogens with one attached hydrogen (secondary N) is 1. The third kappa shape index (κ3) is 12.1. The minimum absolute atomic E-state index is 0.0240. The highest BCUT2D eigenvalue weighted by molar-refractivity contribution is 8.00. The van der Waals surface area contributed by atoms with Crippen molar-refractivity contribution in [3.8, 4) is 23.0 Å². The highest BCUT2D eigenvalue weighted by Crippen LogP contribution is 2.52. The van der Waals surface area contributed by atoms with E-state index in [2.05, 4.69) is 27.4 Å². The second-order valence-electron chi connectivity index (χ2n) is 15.2. The summed E-state index contributed by atoms with van der Waals surface area (Å²) in [5, 5.41) is 16.7. The number of halogens is 12. The molecule has 25 heteroatoms. The van der Waals surface area contributed by atoms with Crippen LogP contribution in [-0.4, -0.2) is 78.3 Å². The van der Waals surface area contributed by atoms with Gasteiger partial charge in [-0.3, -0.25) is 14.2 Å². The van der Waals surface area contributed by atoms with Crippen LogP contribution in [0.25, 0.3) is 22.0 Å².